The maximum atomic E-state index is 13.1. The molecule has 2 aliphatic rings. The zero-order valence-electron chi connectivity index (χ0n) is 7.17. The van der Waals surface area contributed by atoms with Crippen molar-refractivity contribution in [2.45, 2.75) is 30.8 Å². The van der Waals surface area contributed by atoms with E-state index in [9.17, 15) is 13.6 Å². The molecular weight excluding hydrogens is 180 g/mol. The molecule has 13 heavy (non-hydrogen) atoms. The van der Waals surface area contributed by atoms with E-state index in [0.29, 0.717) is 6.42 Å². The molecule has 5 heteroatoms. The average molecular weight is 191 g/mol. The number of hydrogen-bond donors (Lipinski definition) is 1. The molecular formula is C8H11F2NO2. The summed E-state index contributed by atoms with van der Waals surface area (Å²) in [4.78, 5) is 11.1. The molecule has 0 aromatic rings. The Morgan fingerprint density at radius 3 is 2.62 bits per heavy atom. The lowest BCUT2D eigenvalue weighted by Gasteiger charge is -2.26. The summed E-state index contributed by atoms with van der Waals surface area (Å²) in [6, 6.07) is -1.17. The van der Waals surface area contributed by atoms with Crippen LogP contribution in [0.25, 0.3) is 0 Å². The second kappa shape index (κ2) is 2.90. The summed E-state index contributed by atoms with van der Waals surface area (Å²) in [5, 5.41) is 2.73. The zero-order chi connectivity index (χ0) is 9.59. The third kappa shape index (κ3) is 1.14. The first-order valence-electron chi connectivity index (χ1n) is 4.27. The fourth-order valence-corrected chi connectivity index (χ4v) is 2.22. The number of piperidine rings is 1. The van der Waals surface area contributed by atoms with Crippen molar-refractivity contribution >= 4 is 5.97 Å². The number of rotatable bonds is 1. The van der Waals surface area contributed by atoms with Crippen LogP contribution in [0.2, 0.25) is 0 Å². The number of nitrogens with one attached hydrogen (secondary N) is 1. The standard InChI is InChI=1S/C8H11F2NO2/c1-13-8(12)7-3-2-4(11-7)6(10)5(3)9/h3-7,11H,2H2,1H3/t3-,4-,5-,6+,7+/m1/s1. The fourth-order valence-electron chi connectivity index (χ4n) is 2.22. The number of ether oxygens (including phenoxy) is 1. The Morgan fingerprint density at radius 1 is 1.46 bits per heavy atom. The fraction of sp³-hybridized carbons (Fsp3) is 0.875. The van der Waals surface area contributed by atoms with E-state index in [2.05, 4.69) is 10.1 Å². The number of carbonyl (C=O) groups is 1. The van der Waals surface area contributed by atoms with Crippen LogP contribution in [0, 0.1) is 5.92 Å². The van der Waals surface area contributed by atoms with Gasteiger partial charge in [0.2, 0.25) is 0 Å². The minimum Gasteiger partial charge on any atom is -0.468 e. The van der Waals surface area contributed by atoms with Gasteiger partial charge in [0.05, 0.1) is 7.11 Å². The second-order valence-electron chi connectivity index (χ2n) is 3.56. The van der Waals surface area contributed by atoms with Crippen LogP contribution in [0.3, 0.4) is 0 Å². The van der Waals surface area contributed by atoms with Gasteiger partial charge in [-0.2, -0.15) is 0 Å². The maximum Gasteiger partial charge on any atom is 0.323 e. The molecule has 1 saturated carbocycles. The van der Waals surface area contributed by atoms with Crippen molar-refractivity contribution in [1.82, 2.24) is 5.32 Å². The molecule has 2 bridgehead atoms. The Morgan fingerprint density at radius 2 is 2.15 bits per heavy atom. The molecule has 5 atom stereocenters. The molecule has 0 spiro atoms. The zero-order valence-corrected chi connectivity index (χ0v) is 7.17. The van der Waals surface area contributed by atoms with Gasteiger partial charge in [-0.05, 0) is 6.42 Å². The molecule has 0 aromatic heterocycles. The van der Waals surface area contributed by atoms with Gasteiger partial charge in [-0.25, -0.2) is 8.78 Å². The quantitative estimate of drug-likeness (QED) is 0.601. The van der Waals surface area contributed by atoms with Crippen molar-refractivity contribution < 1.29 is 18.3 Å². The monoisotopic (exact) mass is 191 g/mol. The Bertz CT molecular complexity index is 234. The Balaban J connectivity index is 2.10. The highest BCUT2D eigenvalue weighted by Gasteiger charge is 2.56. The molecule has 74 valence electrons. The van der Waals surface area contributed by atoms with E-state index in [1.54, 1.807) is 0 Å². The molecule has 0 radical (unpaired) electrons. The topological polar surface area (TPSA) is 38.3 Å². The number of carbonyl (C=O) groups excluding carboxylic acids is 1. The van der Waals surface area contributed by atoms with Crippen LogP contribution in [0.15, 0.2) is 0 Å². The number of alkyl halides is 2. The molecule has 2 rings (SSSR count). The molecule has 0 unspecified atom stereocenters. The van der Waals surface area contributed by atoms with Crippen molar-refractivity contribution in [3.63, 3.8) is 0 Å². The summed E-state index contributed by atoms with van der Waals surface area (Å²) in [6.45, 7) is 0. The first kappa shape index (κ1) is 8.87. The van der Waals surface area contributed by atoms with E-state index in [4.69, 9.17) is 0 Å². The van der Waals surface area contributed by atoms with Crippen LogP contribution in [0.5, 0.6) is 0 Å². The molecule has 1 aliphatic heterocycles. The van der Waals surface area contributed by atoms with Gasteiger partial charge < -0.3 is 4.74 Å². The third-order valence-electron chi connectivity index (χ3n) is 2.90. The van der Waals surface area contributed by atoms with Crippen molar-refractivity contribution in [3.05, 3.63) is 0 Å². The summed E-state index contributed by atoms with van der Waals surface area (Å²) in [5.41, 5.74) is 0. The average Bonchev–Trinajstić information content (AvgIpc) is 2.67. The van der Waals surface area contributed by atoms with Crippen molar-refractivity contribution in [3.8, 4) is 0 Å². The highest BCUT2D eigenvalue weighted by Crippen LogP contribution is 2.39. The van der Waals surface area contributed by atoms with Gasteiger partial charge in [-0.15, -0.1) is 0 Å². The summed E-state index contributed by atoms with van der Waals surface area (Å²) in [5.74, 6) is -1.05. The molecule has 0 aromatic carbocycles. The molecule has 1 saturated heterocycles. The maximum absolute atomic E-state index is 13.1. The smallest absolute Gasteiger partial charge is 0.323 e. The number of methoxy groups -OCH3 is 1. The predicted octanol–water partition coefficient (Wildman–Crippen LogP) is 0.196. The van der Waals surface area contributed by atoms with Gasteiger partial charge in [0.25, 0.3) is 0 Å². The SMILES string of the molecule is COC(=O)[C@H]1N[C@@H]2C[C@@H]1[C@@H](F)[C@H]2F. The van der Waals surface area contributed by atoms with E-state index in [-0.39, 0.29) is 0 Å². The van der Waals surface area contributed by atoms with Gasteiger partial charge in [-0.1, -0.05) is 0 Å². The van der Waals surface area contributed by atoms with Crippen LogP contribution in [0.4, 0.5) is 8.78 Å². The van der Waals surface area contributed by atoms with E-state index >= 15 is 0 Å². The highest BCUT2D eigenvalue weighted by atomic mass is 19.2. The Hall–Kier alpha value is -0.710. The van der Waals surface area contributed by atoms with E-state index in [1.807, 2.05) is 0 Å². The molecule has 3 nitrogen and oxygen atoms in total. The van der Waals surface area contributed by atoms with E-state index in [0.717, 1.165) is 0 Å². The van der Waals surface area contributed by atoms with Crippen molar-refractivity contribution in [1.29, 1.82) is 0 Å². The normalized spacial score (nSPS) is 48.1. The van der Waals surface area contributed by atoms with Gasteiger partial charge >= 0.3 is 5.97 Å². The number of fused-ring (bicyclic) bond motifs is 2. The summed E-state index contributed by atoms with van der Waals surface area (Å²) >= 11 is 0. The number of esters is 1. The van der Waals surface area contributed by atoms with Crippen LogP contribution in [0.1, 0.15) is 6.42 Å². The highest BCUT2D eigenvalue weighted by molar-refractivity contribution is 5.77. The second-order valence-corrected chi connectivity index (χ2v) is 3.56. The minimum atomic E-state index is -1.52. The van der Waals surface area contributed by atoms with Crippen molar-refractivity contribution in [2.75, 3.05) is 7.11 Å². The largest absolute Gasteiger partial charge is 0.468 e. The first-order valence-corrected chi connectivity index (χ1v) is 4.27. The van der Waals surface area contributed by atoms with Crippen LogP contribution in [-0.4, -0.2) is 37.5 Å². The molecule has 1 N–H and O–H groups in total. The molecule has 1 aliphatic carbocycles. The Labute approximate surface area is 74.4 Å². The summed E-state index contributed by atoms with van der Waals surface area (Å²) in [7, 11) is 1.25. The lowest BCUT2D eigenvalue weighted by molar-refractivity contribution is -0.145. The number of halogens is 2. The van der Waals surface area contributed by atoms with Crippen LogP contribution < -0.4 is 5.32 Å². The first-order chi connectivity index (χ1) is 6.15. The summed E-state index contributed by atoms with van der Waals surface area (Å²) in [6.07, 6.45) is -2.59. The van der Waals surface area contributed by atoms with E-state index in [1.165, 1.54) is 7.11 Å². The molecule has 0 amide bonds. The van der Waals surface area contributed by atoms with Crippen LogP contribution in [-0.2, 0) is 9.53 Å². The van der Waals surface area contributed by atoms with E-state index < -0.39 is 36.3 Å². The molecule has 1 heterocycles. The van der Waals surface area contributed by atoms with Gasteiger partial charge in [0.1, 0.15) is 18.4 Å². The van der Waals surface area contributed by atoms with Gasteiger partial charge in [0, 0.05) is 12.0 Å². The van der Waals surface area contributed by atoms with Gasteiger partial charge in [-0.3, -0.25) is 10.1 Å². The lowest BCUT2D eigenvalue weighted by atomic mass is 9.98. The predicted molar refractivity (Wildman–Crippen MR) is 40.6 cm³/mol. The summed E-state index contributed by atoms with van der Waals surface area (Å²) < 4.78 is 30.6. The van der Waals surface area contributed by atoms with Crippen LogP contribution >= 0.6 is 0 Å². The lowest BCUT2D eigenvalue weighted by Crippen LogP contribution is -2.51. The van der Waals surface area contributed by atoms with Crippen molar-refractivity contribution in [2.24, 2.45) is 5.92 Å². The Kier molecular flexibility index (Phi) is 1.98. The third-order valence-corrected chi connectivity index (χ3v) is 2.90. The number of hydrogen-bond acceptors (Lipinski definition) is 3. The van der Waals surface area contributed by atoms with Gasteiger partial charge in [0.15, 0.2) is 0 Å². The molecule has 2 fully saturated rings. The minimum absolute atomic E-state index is 0.391.